The van der Waals surface area contributed by atoms with Gasteiger partial charge in [-0.05, 0) is 37.0 Å². The van der Waals surface area contributed by atoms with Crippen molar-refractivity contribution < 1.29 is 4.79 Å². The lowest BCUT2D eigenvalue weighted by Crippen LogP contribution is -2.42. The van der Waals surface area contributed by atoms with Gasteiger partial charge in [0.25, 0.3) is 0 Å². The maximum absolute atomic E-state index is 12.2. The van der Waals surface area contributed by atoms with Gasteiger partial charge in [-0.2, -0.15) is 5.26 Å². The molecule has 100 valence electrons. The number of piperidine rings is 1. The summed E-state index contributed by atoms with van der Waals surface area (Å²) >= 11 is 0. The van der Waals surface area contributed by atoms with Crippen LogP contribution in [-0.2, 0) is 0 Å². The molecule has 1 atom stereocenters. The Hall–Kier alpha value is -2.02. The summed E-state index contributed by atoms with van der Waals surface area (Å²) in [5, 5.41) is 11.7. The van der Waals surface area contributed by atoms with E-state index in [2.05, 4.69) is 18.3 Å². The van der Waals surface area contributed by atoms with Crippen LogP contribution in [0, 0.1) is 17.2 Å². The largest absolute Gasteiger partial charge is 0.324 e. The van der Waals surface area contributed by atoms with Crippen molar-refractivity contribution in [2.75, 3.05) is 18.4 Å². The predicted molar refractivity (Wildman–Crippen MR) is 74.8 cm³/mol. The number of hydrogen-bond donors (Lipinski definition) is 1. The zero-order valence-corrected chi connectivity index (χ0v) is 11.2. The third-order valence-electron chi connectivity index (χ3n) is 3.63. The summed E-state index contributed by atoms with van der Waals surface area (Å²) in [5.41, 5.74) is 1.24. The third kappa shape index (κ3) is 3.47. The second-order valence-corrected chi connectivity index (χ2v) is 4.99. The average Bonchev–Trinajstić information content (AvgIpc) is 2.47. The predicted octanol–water partition coefficient (Wildman–Crippen LogP) is 3.21. The van der Waals surface area contributed by atoms with Gasteiger partial charge in [0.05, 0.1) is 11.6 Å². The molecule has 1 heterocycles. The van der Waals surface area contributed by atoms with E-state index in [1.54, 1.807) is 24.3 Å². The standard InChI is InChI=1S/C15H19N3O/c1-2-12-6-4-8-18(11-12)15(19)17-14-7-3-5-13(9-14)10-16/h3,5,7,9,12H,2,4,6,8,11H2,1H3,(H,17,19). The topological polar surface area (TPSA) is 56.1 Å². The van der Waals surface area contributed by atoms with Crippen LogP contribution in [0.15, 0.2) is 24.3 Å². The lowest BCUT2D eigenvalue weighted by atomic mass is 9.96. The molecule has 1 aromatic rings. The van der Waals surface area contributed by atoms with E-state index in [1.165, 1.54) is 6.42 Å². The van der Waals surface area contributed by atoms with Crippen molar-refractivity contribution in [3.05, 3.63) is 29.8 Å². The molecule has 1 aromatic carbocycles. The van der Waals surface area contributed by atoms with Gasteiger partial charge in [-0.1, -0.05) is 19.4 Å². The number of likely N-dealkylation sites (tertiary alicyclic amines) is 1. The van der Waals surface area contributed by atoms with E-state index in [0.717, 1.165) is 25.9 Å². The molecule has 1 aliphatic heterocycles. The SMILES string of the molecule is CCC1CCCN(C(=O)Nc2cccc(C#N)c2)C1. The number of anilines is 1. The second-order valence-electron chi connectivity index (χ2n) is 4.99. The Balaban J connectivity index is 1.98. The Labute approximate surface area is 114 Å². The molecule has 1 fully saturated rings. The van der Waals surface area contributed by atoms with Gasteiger partial charge in [-0.15, -0.1) is 0 Å². The first-order chi connectivity index (χ1) is 9.22. The lowest BCUT2D eigenvalue weighted by molar-refractivity contribution is 0.176. The van der Waals surface area contributed by atoms with Crippen LogP contribution in [0.1, 0.15) is 31.7 Å². The zero-order chi connectivity index (χ0) is 13.7. The number of rotatable bonds is 2. The smallest absolute Gasteiger partial charge is 0.321 e. The fourth-order valence-corrected chi connectivity index (χ4v) is 2.45. The number of benzene rings is 1. The van der Waals surface area contributed by atoms with Crippen LogP contribution in [0.2, 0.25) is 0 Å². The summed E-state index contributed by atoms with van der Waals surface area (Å²) in [7, 11) is 0. The van der Waals surface area contributed by atoms with E-state index in [4.69, 9.17) is 5.26 Å². The third-order valence-corrected chi connectivity index (χ3v) is 3.63. The highest BCUT2D eigenvalue weighted by Crippen LogP contribution is 2.20. The van der Waals surface area contributed by atoms with Crippen molar-refractivity contribution >= 4 is 11.7 Å². The summed E-state index contributed by atoms with van der Waals surface area (Å²) in [4.78, 5) is 14.0. The van der Waals surface area contributed by atoms with Crippen molar-refractivity contribution in [3.63, 3.8) is 0 Å². The molecular formula is C15H19N3O. The summed E-state index contributed by atoms with van der Waals surface area (Å²) in [6, 6.07) is 9.01. The van der Waals surface area contributed by atoms with E-state index < -0.39 is 0 Å². The number of carbonyl (C=O) groups is 1. The lowest BCUT2D eigenvalue weighted by Gasteiger charge is -2.32. The Kier molecular flexibility index (Phi) is 4.40. The molecule has 0 bridgehead atoms. The summed E-state index contributed by atoms with van der Waals surface area (Å²) in [6.45, 7) is 3.82. The Morgan fingerprint density at radius 1 is 1.58 bits per heavy atom. The molecule has 4 nitrogen and oxygen atoms in total. The normalized spacial score (nSPS) is 18.7. The highest BCUT2D eigenvalue weighted by molar-refractivity contribution is 5.89. The van der Waals surface area contributed by atoms with Crippen molar-refractivity contribution in [3.8, 4) is 6.07 Å². The minimum atomic E-state index is -0.0618. The molecule has 1 unspecified atom stereocenters. The minimum Gasteiger partial charge on any atom is -0.324 e. The van der Waals surface area contributed by atoms with E-state index >= 15 is 0 Å². The molecule has 2 amide bonds. The van der Waals surface area contributed by atoms with Crippen LogP contribution in [-0.4, -0.2) is 24.0 Å². The van der Waals surface area contributed by atoms with Crippen LogP contribution in [0.5, 0.6) is 0 Å². The molecule has 4 heteroatoms. The summed E-state index contributed by atoms with van der Waals surface area (Å²) in [6.07, 6.45) is 3.40. The molecule has 0 aliphatic carbocycles. The number of hydrogen-bond acceptors (Lipinski definition) is 2. The highest BCUT2D eigenvalue weighted by Gasteiger charge is 2.22. The van der Waals surface area contributed by atoms with Gasteiger partial charge in [0.15, 0.2) is 0 Å². The van der Waals surface area contributed by atoms with Gasteiger partial charge in [0.2, 0.25) is 0 Å². The molecule has 0 aromatic heterocycles. The fraction of sp³-hybridized carbons (Fsp3) is 0.467. The molecule has 1 saturated heterocycles. The van der Waals surface area contributed by atoms with Crippen molar-refractivity contribution in [1.29, 1.82) is 5.26 Å². The molecule has 0 radical (unpaired) electrons. The zero-order valence-electron chi connectivity index (χ0n) is 11.2. The number of carbonyl (C=O) groups excluding carboxylic acids is 1. The molecule has 19 heavy (non-hydrogen) atoms. The first-order valence-electron chi connectivity index (χ1n) is 6.79. The van der Waals surface area contributed by atoms with Gasteiger partial charge < -0.3 is 10.2 Å². The maximum atomic E-state index is 12.2. The van der Waals surface area contributed by atoms with Gasteiger partial charge in [0.1, 0.15) is 0 Å². The van der Waals surface area contributed by atoms with Crippen LogP contribution in [0.3, 0.4) is 0 Å². The van der Waals surface area contributed by atoms with Crippen molar-refractivity contribution in [1.82, 2.24) is 4.90 Å². The van der Waals surface area contributed by atoms with Crippen molar-refractivity contribution in [2.45, 2.75) is 26.2 Å². The van der Waals surface area contributed by atoms with Crippen LogP contribution in [0.25, 0.3) is 0 Å². The van der Waals surface area contributed by atoms with Gasteiger partial charge in [-0.3, -0.25) is 0 Å². The molecule has 1 N–H and O–H groups in total. The Morgan fingerprint density at radius 2 is 2.42 bits per heavy atom. The van der Waals surface area contributed by atoms with Crippen LogP contribution < -0.4 is 5.32 Å². The molecular weight excluding hydrogens is 238 g/mol. The summed E-state index contributed by atoms with van der Waals surface area (Å²) < 4.78 is 0. The van der Waals surface area contributed by atoms with Crippen molar-refractivity contribution in [2.24, 2.45) is 5.92 Å². The first kappa shape index (κ1) is 13.4. The fourth-order valence-electron chi connectivity index (χ4n) is 2.45. The van der Waals surface area contributed by atoms with Crippen LogP contribution in [0.4, 0.5) is 10.5 Å². The highest BCUT2D eigenvalue weighted by atomic mass is 16.2. The molecule has 2 rings (SSSR count). The number of nitrogens with zero attached hydrogens (tertiary/aromatic N) is 2. The van der Waals surface area contributed by atoms with E-state index in [1.807, 2.05) is 4.90 Å². The maximum Gasteiger partial charge on any atom is 0.321 e. The second kappa shape index (κ2) is 6.24. The molecule has 1 aliphatic rings. The number of amides is 2. The monoisotopic (exact) mass is 257 g/mol. The van der Waals surface area contributed by atoms with E-state index in [-0.39, 0.29) is 6.03 Å². The number of nitrogens with one attached hydrogen (secondary N) is 1. The molecule has 0 spiro atoms. The quantitative estimate of drug-likeness (QED) is 0.884. The van der Waals surface area contributed by atoms with Gasteiger partial charge in [0, 0.05) is 18.8 Å². The van der Waals surface area contributed by atoms with E-state index in [0.29, 0.717) is 17.2 Å². The number of urea groups is 1. The average molecular weight is 257 g/mol. The van der Waals surface area contributed by atoms with Gasteiger partial charge >= 0.3 is 6.03 Å². The number of nitriles is 1. The molecule has 0 saturated carbocycles. The van der Waals surface area contributed by atoms with E-state index in [9.17, 15) is 4.79 Å². The minimum absolute atomic E-state index is 0.0618. The summed E-state index contributed by atoms with van der Waals surface area (Å²) in [5.74, 6) is 0.616. The van der Waals surface area contributed by atoms with Crippen LogP contribution >= 0.6 is 0 Å². The Morgan fingerprint density at radius 3 is 3.16 bits per heavy atom. The van der Waals surface area contributed by atoms with Gasteiger partial charge in [-0.25, -0.2) is 4.79 Å². The Bertz CT molecular complexity index is 492. The first-order valence-corrected chi connectivity index (χ1v) is 6.79.